The molecule has 1 amide bonds. The van der Waals surface area contributed by atoms with E-state index in [-0.39, 0.29) is 29.3 Å². The maximum Gasteiger partial charge on any atom is 0.353 e. The molecule has 0 fully saturated rings. The molecular formula is C16H21ClN2O4. The van der Waals surface area contributed by atoms with Crippen LogP contribution < -0.4 is 28.2 Å². The third-order valence-corrected chi connectivity index (χ3v) is 3.78. The largest absolute Gasteiger partial charge is 1.00 e. The van der Waals surface area contributed by atoms with Gasteiger partial charge in [0, 0.05) is 0 Å². The van der Waals surface area contributed by atoms with E-state index in [1.807, 2.05) is 0 Å². The summed E-state index contributed by atoms with van der Waals surface area (Å²) in [4.78, 5) is 25.4. The van der Waals surface area contributed by atoms with Gasteiger partial charge in [-0.15, -0.1) is 0 Å². The number of aromatic hydroxyl groups is 1. The van der Waals surface area contributed by atoms with E-state index in [1.54, 1.807) is 24.3 Å². The van der Waals surface area contributed by atoms with Crippen molar-refractivity contribution >= 4 is 16.9 Å². The average Bonchev–Trinajstić information content (AvgIpc) is 2.51. The molecule has 126 valence electrons. The molecule has 2 rings (SSSR count). The number of nitrogens with one attached hydrogen (secondary N) is 2. The molecule has 1 aromatic heterocycles. The van der Waals surface area contributed by atoms with Crippen LogP contribution in [-0.2, 0) is 0 Å². The normalized spacial score (nSPS) is 10.6. The van der Waals surface area contributed by atoms with Crippen LogP contribution in [0.2, 0.25) is 0 Å². The summed E-state index contributed by atoms with van der Waals surface area (Å²) in [6.07, 6.45) is 0. The fraction of sp³-hybridized carbons (Fsp3) is 0.375. The molecule has 23 heavy (non-hydrogen) atoms. The van der Waals surface area contributed by atoms with Crippen LogP contribution in [0.4, 0.5) is 0 Å². The molecule has 6 nitrogen and oxygen atoms in total. The van der Waals surface area contributed by atoms with Crippen LogP contribution in [0.25, 0.3) is 11.0 Å². The van der Waals surface area contributed by atoms with Gasteiger partial charge in [0.05, 0.1) is 31.6 Å². The number of amides is 1. The quantitative estimate of drug-likeness (QED) is 0.495. The van der Waals surface area contributed by atoms with Crippen molar-refractivity contribution in [1.82, 2.24) is 5.32 Å². The predicted molar refractivity (Wildman–Crippen MR) is 83.4 cm³/mol. The van der Waals surface area contributed by atoms with E-state index in [4.69, 9.17) is 4.42 Å². The molecule has 0 radical (unpaired) electrons. The van der Waals surface area contributed by atoms with Crippen molar-refractivity contribution in [2.45, 2.75) is 13.8 Å². The van der Waals surface area contributed by atoms with E-state index in [2.05, 4.69) is 19.2 Å². The Morgan fingerprint density at radius 1 is 1.26 bits per heavy atom. The first-order chi connectivity index (χ1) is 10.6. The van der Waals surface area contributed by atoms with Crippen LogP contribution in [0.15, 0.2) is 33.5 Å². The summed E-state index contributed by atoms with van der Waals surface area (Å²) in [5.74, 6) is -0.942. The first-order valence-electron chi connectivity index (χ1n) is 7.45. The molecule has 1 heterocycles. The molecule has 0 saturated carbocycles. The van der Waals surface area contributed by atoms with Crippen LogP contribution >= 0.6 is 0 Å². The maximum absolute atomic E-state index is 12.1. The van der Waals surface area contributed by atoms with E-state index in [0.717, 1.165) is 19.6 Å². The van der Waals surface area contributed by atoms with E-state index in [9.17, 15) is 14.7 Å². The van der Waals surface area contributed by atoms with Crippen LogP contribution in [0.5, 0.6) is 5.75 Å². The van der Waals surface area contributed by atoms with Crippen molar-refractivity contribution in [1.29, 1.82) is 0 Å². The van der Waals surface area contributed by atoms with Crippen LogP contribution in [0.3, 0.4) is 0 Å². The number of fused-ring (bicyclic) bond motifs is 1. The highest BCUT2D eigenvalue weighted by Crippen LogP contribution is 2.25. The molecule has 0 atom stereocenters. The minimum atomic E-state index is -0.830. The molecular weight excluding hydrogens is 320 g/mol. The summed E-state index contributed by atoms with van der Waals surface area (Å²) in [5.41, 5.74) is -0.911. The number of carbonyl (C=O) groups is 1. The lowest BCUT2D eigenvalue weighted by molar-refractivity contribution is -0.895. The van der Waals surface area contributed by atoms with Crippen molar-refractivity contribution < 1.29 is 31.6 Å². The Morgan fingerprint density at radius 2 is 1.91 bits per heavy atom. The van der Waals surface area contributed by atoms with Gasteiger partial charge < -0.3 is 32.1 Å². The summed E-state index contributed by atoms with van der Waals surface area (Å²) in [7, 11) is 0. The zero-order chi connectivity index (χ0) is 16.1. The summed E-state index contributed by atoms with van der Waals surface area (Å²) in [6, 6.07) is 6.57. The van der Waals surface area contributed by atoms with Crippen molar-refractivity contribution in [3.63, 3.8) is 0 Å². The SMILES string of the molecule is CC[NH+](CC)CCNC(=O)c1c(O)c2ccccc2oc1=O.[Cl-]. The van der Waals surface area contributed by atoms with Crippen LogP contribution in [-0.4, -0.2) is 37.2 Å². The Balaban J connectivity index is 0.00000264. The third kappa shape index (κ3) is 4.24. The second-order valence-electron chi connectivity index (χ2n) is 5.07. The highest BCUT2D eigenvalue weighted by atomic mass is 35.5. The lowest BCUT2D eigenvalue weighted by atomic mass is 10.1. The Kier molecular flexibility index (Phi) is 7.06. The fourth-order valence-electron chi connectivity index (χ4n) is 2.38. The van der Waals surface area contributed by atoms with Crippen molar-refractivity contribution in [2.24, 2.45) is 0 Å². The predicted octanol–water partition coefficient (Wildman–Crippen LogP) is -2.84. The van der Waals surface area contributed by atoms with Gasteiger partial charge in [0.25, 0.3) is 5.91 Å². The lowest BCUT2D eigenvalue weighted by Crippen LogP contribution is -3.12. The number of hydrogen-bond acceptors (Lipinski definition) is 4. The Morgan fingerprint density at radius 3 is 2.57 bits per heavy atom. The van der Waals surface area contributed by atoms with Gasteiger partial charge in [-0.25, -0.2) is 4.79 Å². The Labute approximate surface area is 140 Å². The van der Waals surface area contributed by atoms with Crippen molar-refractivity contribution in [3.8, 4) is 5.75 Å². The number of para-hydroxylation sites is 1. The molecule has 0 unspecified atom stereocenters. The summed E-state index contributed by atoms with van der Waals surface area (Å²) in [5, 5.41) is 13.2. The molecule has 3 N–H and O–H groups in total. The number of halogens is 1. The Hall–Kier alpha value is -2.05. The fourth-order valence-corrected chi connectivity index (χ4v) is 2.38. The van der Waals surface area contributed by atoms with Crippen LogP contribution in [0.1, 0.15) is 24.2 Å². The number of carbonyl (C=O) groups excluding carboxylic acids is 1. The number of rotatable bonds is 6. The molecule has 7 heteroatoms. The van der Waals surface area contributed by atoms with E-state index >= 15 is 0 Å². The number of quaternary nitrogens is 1. The number of hydrogen-bond donors (Lipinski definition) is 3. The van der Waals surface area contributed by atoms with Gasteiger partial charge in [-0.05, 0) is 26.0 Å². The topological polar surface area (TPSA) is 84.0 Å². The van der Waals surface area contributed by atoms with Gasteiger partial charge in [0.2, 0.25) is 0 Å². The van der Waals surface area contributed by atoms with Gasteiger partial charge >= 0.3 is 5.63 Å². The second kappa shape index (κ2) is 8.55. The van der Waals surface area contributed by atoms with Gasteiger partial charge in [0.1, 0.15) is 11.3 Å². The van der Waals surface area contributed by atoms with Crippen LogP contribution in [0, 0.1) is 0 Å². The molecule has 0 bridgehead atoms. The molecule has 1 aromatic carbocycles. The first-order valence-corrected chi connectivity index (χ1v) is 7.45. The standard InChI is InChI=1S/C16H20N2O4.ClH/c1-3-18(4-2)10-9-17-15(20)13-14(19)11-7-5-6-8-12(11)22-16(13)21;/h5-8,19H,3-4,9-10H2,1-2H3,(H,17,20);1H. The zero-order valence-corrected chi connectivity index (χ0v) is 13.9. The smallest absolute Gasteiger partial charge is 0.353 e. The Bertz CT molecular complexity index is 726. The minimum Gasteiger partial charge on any atom is -1.00 e. The zero-order valence-electron chi connectivity index (χ0n) is 13.2. The number of benzene rings is 1. The second-order valence-corrected chi connectivity index (χ2v) is 5.07. The molecule has 2 aromatic rings. The molecule has 0 spiro atoms. The van der Waals surface area contributed by atoms with Gasteiger partial charge in [0.15, 0.2) is 5.56 Å². The minimum absolute atomic E-state index is 0. The molecule has 0 aliphatic rings. The third-order valence-electron chi connectivity index (χ3n) is 3.78. The van der Waals surface area contributed by atoms with Gasteiger partial charge in [-0.2, -0.15) is 0 Å². The van der Waals surface area contributed by atoms with Crippen molar-refractivity contribution in [3.05, 3.63) is 40.2 Å². The maximum atomic E-state index is 12.1. The lowest BCUT2D eigenvalue weighted by Gasteiger charge is -2.15. The summed E-state index contributed by atoms with van der Waals surface area (Å²) < 4.78 is 5.08. The average molecular weight is 341 g/mol. The van der Waals surface area contributed by atoms with E-state index < -0.39 is 11.5 Å². The van der Waals surface area contributed by atoms with Gasteiger partial charge in [-0.1, -0.05) is 12.1 Å². The highest BCUT2D eigenvalue weighted by molar-refractivity contribution is 6.01. The summed E-state index contributed by atoms with van der Waals surface area (Å²) in [6.45, 7) is 7.28. The molecule has 0 saturated heterocycles. The monoisotopic (exact) mass is 340 g/mol. The van der Waals surface area contributed by atoms with E-state index in [1.165, 1.54) is 4.90 Å². The van der Waals surface area contributed by atoms with Gasteiger partial charge in [-0.3, -0.25) is 4.79 Å². The molecule has 0 aliphatic carbocycles. The first kappa shape index (κ1) is 19.0. The highest BCUT2D eigenvalue weighted by Gasteiger charge is 2.20. The molecule has 0 aliphatic heterocycles. The van der Waals surface area contributed by atoms with E-state index in [0.29, 0.717) is 11.9 Å². The number of likely N-dealkylation sites (N-methyl/N-ethyl adjacent to an activating group) is 1. The summed E-state index contributed by atoms with van der Waals surface area (Å²) >= 11 is 0. The van der Waals surface area contributed by atoms with Crippen molar-refractivity contribution in [2.75, 3.05) is 26.2 Å².